The van der Waals surface area contributed by atoms with Crippen LogP contribution in [-0.4, -0.2) is 7.11 Å². The highest BCUT2D eigenvalue weighted by Gasteiger charge is 2.00. The summed E-state index contributed by atoms with van der Waals surface area (Å²) in [4.78, 5) is 0. The maximum Gasteiger partial charge on any atom is 0.123 e. The van der Waals surface area contributed by atoms with E-state index in [-0.39, 0.29) is 0 Å². The predicted molar refractivity (Wildman–Crippen MR) is 52.2 cm³/mol. The molecule has 0 spiro atoms. The molecule has 0 N–H and O–H groups in total. The Morgan fingerprint density at radius 1 is 1.64 bits per heavy atom. The SMILES string of the molecule is COc1c[c]c(Br)cc1CBr. The third-order valence-electron chi connectivity index (χ3n) is 1.32. The van der Waals surface area contributed by atoms with Gasteiger partial charge in [-0.25, -0.2) is 0 Å². The van der Waals surface area contributed by atoms with Crippen molar-refractivity contribution in [3.8, 4) is 5.75 Å². The summed E-state index contributed by atoms with van der Waals surface area (Å²) in [5.74, 6) is 0.866. The van der Waals surface area contributed by atoms with Gasteiger partial charge < -0.3 is 4.74 Å². The van der Waals surface area contributed by atoms with E-state index in [1.54, 1.807) is 7.11 Å². The van der Waals surface area contributed by atoms with Gasteiger partial charge in [0.2, 0.25) is 0 Å². The van der Waals surface area contributed by atoms with Crippen LogP contribution >= 0.6 is 31.9 Å². The summed E-state index contributed by atoms with van der Waals surface area (Å²) in [6.45, 7) is 0. The van der Waals surface area contributed by atoms with E-state index < -0.39 is 0 Å². The molecule has 1 aromatic rings. The van der Waals surface area contributed by atoms with Crippen LogP contribution in [0.25, 0.3) is 0 Å². The zero-order valence-corrected chi connectivity index (χ0v) is 9.20. The number of hydrogen-bond donors (Lipinski definition) is 0. The third kappa shape index (κ3) is 2.20. The number of hydrogen-bond acceptors (Lipinski definition) is 1. The smallest absolute Gasteiger partial charge is 0.123 e. The summed E-state index contributed by atoms with van der Waals surface area (Å²) in [6.07, 6.45) is 0. The van der Waals surface area contributed by atoms with Gasteiger partial charge in [-0.15, -0.1) is 0 Å². The first-order chi connectivity index (χ1) is 5.27. The van der Waals surface area contributed by atoms with Crippen LogP contribution in [0.3, 0.4) is 0 Å². The second-order valence-corrected chi connectivity index (χ2v) is 3.42. The fourth-order valence-corrected chi connectivity index (χ4v) is 1.62. The fraction of sp³-hybridized carbons (Fsp3) is 0.250. The lowest BCUT2D eigenvalue weighted by atomic mass is 10.2. The summed E-state index contributed by atoms with van der Waals surface area (Å²) >= 11 is 6.70. The van der Waals surface area contributed by atoms with Crippen LogP contribution in [0.15, 0.2) is 16.6 Å². The van der Waals surface area contributed by atoms with E-state index in [2.05, 4.69) is 37.9 Å². The van der Waals surface area contributed by atoms with Gasteiger partial charge in [0.05, 0.1) is 7.11 Å². The van der Waals surface area contributed by atoms with Gasteiger partial charge in [-0.3, -0.25) is 0 Å². The molecule has 0 saturated carbocycles. The monoisotopic (exact) mass is 277 g/mol. The van der Waals surface area contributed by atoms with Gasteiger partial charge >= 0.3 is 0 Å². The van der Waals surface area contributed by atoms with Gasteiger partial charge in [-0.2, -0.15) is 0 Å². The van der Waals surface area contributed by atoms with Crippen molar-refractivity contribution >= 4 is 31.9 Å². The van der Waals surface area contributed by atoms with Gasteiger partial charge in [0.25, 0.3) is 0 Å². The van der Waals surface area contributed by atoms with Crippen LogP contribution in [0.5, 0.6) is 5.75 Å². The quantitative estimate of drug-likeness (QED) is 0.755. The summed E-state index contributed by atoms with van der Waals surface area (Å²) in [6, 6.07) is 6.80. The molecule has 11 heavy (non-hydrogen) atoms. The number of benzene rings is 1. The van der Waals surface area contributed by atoms with E-state index in [0.717, 1.165) is 21.1 Å². The molecular formula is C8H7Br2O. The largest absolute Gasteiger partial charge is 0.496 e. The van der Waals surface area contributed by atoms with Crippen molar-refractivity contribution in [3.63, 3.8) is 0 Å². The van der Waals surface area contributed by atoms with Crippen molar-refractivity contribution in [2.45, 2.75) is 5.33 Å². The number of methoxy groups -OCH3 is 1. The standard InChI is InChI=1S/C8H7Br2O/c1-11-8-3-2-7(10)4-6(8)5-9/h3-4H,5H2,1H3. The number of halogens is 2. The zero-order valence-electron chi connectivity index (χ0n) is 6.03. The number of rotatable bonds is 2. The van der Waals surface area contributed by atoms with Crippen molar-refractivity contribution in [3.05, 3.63) is 28.2 Å². The zero-order chi connectivity index (χ0) is 8.27. The van der Waals surface area contributed by atoms with E-state index in [1.807, 2.05) is 12.1 Å². The molecule has 0 aliphatic rings. The average molecular weight is 279 g/mol. The summed E-state index contributed by atoms with van der Waals surface area (Å²) < 4.78 is 6.06. The Hall–Kier alpha value is -0.0200. The van der Waals surface area contributed by atoms with Crippen molar-refractivity contribution in [1.82, 2.24) is 0 Å². The highest BCUT2D eigenvalue weighted by Crippen LogP contribution is 2.24. The lowest BCUT2D eigenvalue weighted by Gasteiger charge is -2.04. The van der Waals surface area contributed by atoms with Gasteiger partial charge in [0, 0.05) is 21.4 Å². The third-order valence-corrected chi connectivity index (χ3v) is 2.38. The summed E-state index contributed by atoms with van der Waals surface area (Å²) in [5, 5.41) is 0.795. The van der Waals surface area contributed by atoms with E-state index in [4.69, 9.17) is 4.74 Å². The van der Waals surface area contributed by atoms with E-state index in [0.29, 0.717) is 0 Å². The minimum absolute atomic E-state index is 0.795. The predicted octanol–water partition coefficient (Wildman–Crippen LogP) is 3.15. The fourth-order valence-electron chi connectivity index (χ4n) is 0.787. The van der Waals surface area contributed by atoms with Crippen LogP contribution in [0.2, 0.25) is 0 Å². The van der Waals surface area contributed by atoms with Crippen LogP contribution in [0, 0.1) is 6.07 Å². The van der Waals surface area contributed by atoms with E-state index in [9.17, 15) is 0 Å². The van der Waals surface area contributed by atoms with Crippen LogP contribution in [-0.2, 0) is 5.33 Å². The average Bonchev–Trinajstić information content (AvgIpc) is 2.04. The molecule has 1 rings (SSSR count). The van der Waals surface area contributed by atoms with Crippen molar-refractivity contribution in [2.75, 3.05) is 7.11 Å². The molecule has 0 aromatic heterocycles. The van der Waals surface area contributed by atoms with Gasteiger partial charge in [0.1, 0.15) is 5.75 Å². The first-order valence-electron chi connectivity index (χ1n) is 3.08. The Kier molecular flexibility index (Phi) is 3.40. The normalized spacial score (nSPS) is 9.73. The molecule has 0 atom stereocenters. The minimum Gasteiger partial charge on any atom is -0.496 e. The molecule has 1 nitrogen and oxygen atoms in total. The Morgan fingerprint density at radius 2 is 2.36 bits per heavy atom. The summed E-state index contributed by atoms with van der Waals surface area (Å²) in [5.41, 5.74) is 1.12. The van der Waals surface area contributed by atoms with Gasteiger partial charge in [0.15, 0.2) is 0 Å². The van der Waals surface area contributed by atoms with E-state index >= 15 is 0 Å². The molecule has 0 aliphatic carbocycles. The number of alkyl halides is 1. The molecule has 59 valence electrons. The van der Waals surface area contributed by atoms with Crippen LogP contribution in [0.1, 0.15) is 5.56 Å². The topological polar surface area (TPSA) is 9.23 Å². The Morgan fingerprint density at radius 3 is 2.91 bits per heavy atom. The lowest BCUT2D eigenvalue weighted by molar-refractivity contribution is 0.411. The maximum atomic E-state index is 5.11. The van der Waals surface area contributed by atoms with Crippen LogP contribution in [0.4, 0.5) is 0 Å². The molecule has 0 heterocycles. The Bertz CT molecular complexity index is 248. The number of ether oxygens (including phenoxy) is 1. The second kappa shape index (κ2) is 4.12. The first-order valence-corrected chi connectivity index (χ1v) is 4.99. The molecule has 0 bridgehead atoms. The highest BCUT2D eigenvalue weighted by molar-refractivity contribution is 9.10. The Labute approximate surface area is 83.0 Å². The molecule has 1 aromatic carbocycles. The first kappa shape index (κ1) is 9.07. The van der Waals surface area contributed by atoms with Crippen LogP contribution < -0.4 is 4.74 Å². The molecule has 3 heteroatoms. The van der Waals surface area contributed by atoms with Crippen molar-refractivity contribution in [2.24, 2.45) is 0 Å². The Balaban J connectivity index is 3.06. The molecule has 0 unspecified atom stereocenters. The molecule has 0 aliphatic heterocycles. The minimum atomic E-state index is 0.795. The second-order valence-electron chi connectivity index (χ2n) is 2.01. The maximum absolute atomic E-state index is 5.11. The molecule has 0 fully saturated rings. The lowest BCUT2D eigenvalue weighted by Crippen LogP contribution is -1.88. The molecular weight excluding hydrogens is 272 g/mol. The van der Waals surface area contributed by atoms with Crippen molar-refractivity contribution < 1.29 is 4.74 Å². The van der Waals surface area contributed by atoms with Gasteiger partial charge in [-0.05, 0) is 12.1 Å². The molecule has 0 saturated heterocycles. The summed E-state index contributed by atoms with van der Waals surface area (Å²) in [7, 11) is 1.66. The van der Waals surface area contributed by atoms with Crippen molar-refractivity contribution in [1.29, 1.82) is 0 Å². The van der Waals surface area contributed by atoms with Gasteiger partial charge in [-0.1, -0.05) is 31.9 Å². The van der Waals surface area contributed by atoms with E-state index in [1.165, 1.54) is 0 Å². The highest BCUT2D eigenvalue weighted by atomic mass is 79.9. The molecule has 0 amide bonds. The molecule has 1 radical (unpaired) electrons.